The molecule has 0 bridgehead atoms. The number of hydrogen-bond acceptors (Lipinski definition) is 5. The fourth-order valence-electron chi connectivity index (χ4n) is 1.61. The maximum Gasteiger partial charge on any atom is 0.221 e. The van der Waals surface area contributed by atoms with Gasteiger partial charge in [-0.15, -0.1) is 0 Å². The third-order valence-electron chi connectivity index (χ3n) is 2.60. The molecule has 0 aliphatic carbocycles. The quantitative estimate of drug-likeness (QED) is 0.906. The second-order valence-corrected chi connectivity index (χ2v) is 6.46. The van der Waals surface area contributed by atoms with E-state index in [1.54, 1.807) is 0 Å². The van der Waals surface area contributed by atoms with Crippen LogP contribution >= 0.6 is 23.5 Å². The van der Waals surface area contributed by atoms with Crippen LogP contribution in [0.3, 0.4) is 0 Å². The highest BCUT2D eigenvalue weighted by atomic mass is 32.2. The second kappa shape index (κ2) is 6.35. The van der Waals surface area contributed by atoms with Gasteiger partial charge < -0.3 is 9.73 Å². The summed E-state index contributed by atoms with van der Waals surface area (Å²) >= 11 is 3.84. The number of aromatic nitrogens is 1. The van der Waals surface area contributed by atoms with Crippen LogP contribution in [0.2, 0.25) is 0 Å². The van der Waals surface area contributed by atoms with Crippen molar-refractivity contribution in [2.24, 2.45) is 0 Å². The van der Waals surface area contributed by atoms with E-state index in [0.29, 0.717) is 18.2 Å². The van der Waals surface area contributed by atoms with E-state index in [1.807, 2.05) is 30.4 Å². The molecular formula is C11H16N2O2S2. The molecule has 6 heteroatoms. The number of carbonyl (C=O) groups excluding carboxylic acids is 1. The normalized spacial score (nSPS) is 20.2. The van der Waals surface area contributed by atoms with Gasteiger partial charge in [0.15, 0.2) is 6.39 Å². The molecule has 1 N–H and O–H groups in total. The number of nitrogens with one attached hydrogen (secondary N) is 1. The Morgan fingerprint density at radius 1 is 1.65 bits per heavy atom. The summed E-state index contributed by atoms with van der Waals surface area (Å²) in [5, 5.41) is 3.35. The van der Waals surface area contributed by atoms with Crippen molar-refractivity contribution in [1.82, 2.24) is 10.3 Å². The first kappa shape index (κ1) is 12.8. The highest BCUT2D eigenvalue weighted by molar-refractivity contribution is 8.06. The number of nitrogens with zero attached hydrogens (tertiary/aromatic N) is 1. The minimum Gasteiger partial charge on any atom is -0.448 e. The number of thioether (sulfide) groups is 2. The van der Waals surface area contributed by atoms with Crippen LogP contribution in [-0.4, -0.2) is 33.4 Å². The Morgan fingerprint density at radius 2 is 2.53 bits per heavy atom. The van der Waals surface area contributed by atoms with E-state index < -0.39 is 0 Å². The highest BCUT2D eigenvalue weighted by Crippen LogP contribution is 2.26. The summed E-state index contributed by atoms with van der Waals surface area (Å²) in [6.45, 7) is 2.31. The van der Waals surface area contributed by atoms with E-state index in [-0.39, 0.29) is 5.91 Å². The fourth-order valence-corrected chi connectivity index (χ4v) is 4.29. The minimum atomic E-state index is 0.104. The van der Waals surface area contributed by atoms with Crippen molar-refractivity contribution >= 4 is 29.4 Å². The van der Waals surface area contributed by atoms with Crippen molar-refractivity contribution in [3.63, 3.8) is 0 Å². The van der Waals surface area contributed by atoms with Crippen LogP contribution in [0.4, 0.5) is 0 Å². The van der Waals surface area contributed by atoms with Crippen LogP contribution in [0.25, 0.3) is 0 Å². The van der Waals surface area contributed by atoms with Gasteiger partial charge in [-0.25, -0.2) is 4.98 Å². The van der Waals surface area contributed by atoms with Gasteiger partial charge in [-0.2, -0.15) is 23.5 Å². The summed E-state index contributed by atoms with van der Waals surface area (Å²) in [6.07, 6.45) is 2.01. The number of rotatable bonds is 4. The summed E-state index contributed by atoms with van der Waals surface area (Å²) in [5.74, 6) is 4.33. The van der Waals surface area contributed by atoms with Crippen LogP contribution in [-0.2, 0) is 11.3 Å². The molecule has 0 aromatic carbocycles. The lowest BCUT2D eigenvalue weighted by Gasteiger charge is -2.20. The molecular weight excluding hydrogens is 256 g/mol. The zero-order chi connectivity index (χ0) is 12.1. The standard InChI is InChI=1S/C11H16N2O2S2/c1-8-10(13-7-15-8)5-12-11(14)4-9-6-16-2-3-17-9/h7,9H,2-6H2,1H3,(H,12,14)/t9-/m0/s1. The molecule has 4 nitrogen and oxygen atoms in total. The average Bonchev–Trinajstić information content (AvgIpc) is 2.74. The first-order valence-electron chi connectivity index (χ1n) is 5.60. The van der Waals surface area contributed by atoms with Crippen molar-refractivity contribution in [2.45, 2.75) is 25.1 Å². The van der Waals surface area contributed by atoms with Gasteiger partial charge in [-0.1, -0.05) is 0 Å². The fraction of sp³-hybridized carbons (Fsp3) is 0.636. The molecule has 17 heavy (non-hydrogen) atoms. The molecule has 0 saturated carbocycles. The monoisotopic (exact) mass is 272 g/mol. The lowest BCUT2D eigenvalue weighted by molar-refractivity contribution is -0.121. The van der Waals surface area contributed by atoms with E-state index in [2.05, 4.69) is 10.3 Å². The highest BCUT2D eigenvalue weighted by Gasteiger charge is 2.18. The summed E-state index contributed by atoms with van der Waals surface area (Å²) in [5.41, 5.74) is 0.809. The molecule has 1 amide bonds. The van der Waals surface area contributed by atoms with Crippen LogP contribution in [0.5, 0.6) is 0 Å². The van der Waals surface area contributed by atoms with E-state index in [1.165, 1.54) is 12.1 Å². The van der Waals surface area contributed by atoms with Gasteiger partial charge in [-0.05, 0) is 6.92 Å². The molecule has 0 radical (unpaired) electrons. The van der Waals surface area contributed by atoms with Crippen LogP contribution in [0.15, 0.2) is 10.8 Å². The molecule has 1 aromatic heterocycles. The van der Waals surface area contributed by atoms with Crippen molar-refractivity contribution < 1.29 is 9.21 Å². The Hall–Kier alpha value is -0.620. The number of carbonyl (C=O) groups is 1. The zero-order valence-corrected chi connectivity index (χ0v) is 11.4. The summed E-state index contributed by atoms with van der Waals surface area (Å²) in [6, 6.07) is 0. The Labute approximate surface area is 109 Å². The van der Waals surface area contributed by atoms with Crippen LogP contribution in [0.1, 0.15) is 17.9 Å². The Kier molecular flexibility index (Phi) is 4.79. The topological polar surface area (TPSA) is 55.1 Å². The number of amides is 1. The molecule has 0 unspecified atom stereocenters. The van der Waals surface area contributed by atoms with E-state index in [0.717, 1.165) is 23.0 Å². The average molecular weight is 272 g/mol. The molecule has 1 saturated heterocycles. The van der Waals surface area contributed by atoms with Gasteiger partial charge in [0.25, 0.3) is 0 Å². The van der Waals surface area contributed by atoms with Gasteiger partial charge in [-0.3, -0.25) is 4.79 Å². The van der Waals surface area contributed by atoms with Crippen molar-refractivity contribution in [1.29, 1.82) is 0 Å². The zero-order valence-electron chi connectivity index (χ0n) is 9.77. The molecule has 0 spiro atoms. The maximum atomic E-state index is 11.7. The van der Waals surface area contributed by atoms with Crippen LogP contribution < -0.4 is 5.32 Å². The molecule has 94 valence electrons. The van der Waals surface area contributed by atoms with Crippen molar-refractivity contribution in [3.8, 4) is 0 Å². The Bertz CT molecular complexity index is 375. The Morgan fingerprint density at radius 3 is 3.18 bits per heavy atom. The number of aryl methyl sites for hydroxylation is 1. The molecule has 2 rings (SSSR count). The first-order valence-corrected chi connectivity index (χ1v) is 7.81. The van der Waals surface area contributed by atoms with E-state index in [9.17, 15) is 4.79 Å². The van der Waals surface area contributed by atoms with Gasteiger partial charge >= 0.3 is 0 Å². The van der Waals surface area contributed by atoms with Gasteiger partial charge in [0, 0.05) is 28.9 Å². The molecule has 2 heterocycles. The minimum absolute atomic E-state index is 0.104. The summed E-state index contributed by atoms with van der Waals surface area (Å²) in [4.78, 5) is 15.8. The lowest BCUT2D eigenvalue weighted by Crippen LogP contribution is -2.28. The van der Waals surface area contributed by atoms with Gasteiger partial charge in [0.1, 0.15) is 11.5 Å². The van der Waals surface area contributed by atoms with E-state index >= 15 is 0 Å². The SMILES string of the molecule is Cc1ocnc1CNC(=O)C[C@H]1CSCCS1. The third kappa shape index (κ3) is 3.96. The Balaban J connectivity index is 1.72. The number of hydrogen-bond donors (Lipinski definition) is 1. The summed E-state index contributed by atoms with van der Waals surface area (Å²) in [7, 11) is 0. The molecule has 1 aliphatic heterocycles. The lowest BCUT2D eigenvalue weighted by atomic mass is 10.3. The predicted molar refractivity (Wildman–Crippen MR) is 71.3 cm³/mol. The van der Waals surface area contributed by atoms with E-state index in [4.69, 9.17) is 4.42 Å². The van der Waals surface area contributed by atoms with Crippen molar-refractivity contribution in [2.75, 3.05) is 17.3 Å². The molecule has 1 aliphatic rings. The third-order valence-corrected chi connectivity index (χ3v) is 5.44. The van der Waals surface area contributed by atoms with Crippen molar-refractivity contribution in [3.05, 3.63) is 17.8 Å². The molecule has 1 atom stereocenters. The molecule has 1 aromatic rings. The first-order chi connectivity index (χ1) is 8.25. The molecule has 1 fully saturated rings. The number of oxazole rings is 1. The largest absolute Gasteiger partial charge is 0.448 e. The summed E-state index contributed by atoms with van der Waals surface area (Å²) < 4.78 is 5.08. The van der Waals surface area contributed by atoms with Gasteiger partial charge in [0.2, 0.25) is 5.91 Å². The second-order valence-electron chi connectivity index (χ2n) is 3.90. The van der Waals surface area contributed by atoms with Gasteiger partial charge in [0.05, 0.1) is 6.54 Å². The predicted octanol–water partition coefficient (Wildman–Crippen LogP) is 1.84. The maximum absolute atomic E-state index is 11.7. The van der Waals surface area contributed by atoms with Crippen LogP contribution in [0, 0.1) is 6.92 Å². The smallest absolute Gasteiger partial charge is 0.221 e.